The molecule has 0 saturated carbocycles. The van der Waals surface area contributed by atoms with Crippen LogP contribution in [-0.2, 0) is 12.7 Å². The molecule has 7 heteroatoms. The average molecular weight is 305 g/mol. The molecule has 1 heterocycles. The summed E-state index contributed by atoms with van der Waals surface area (Å²) in [6, 6.07) is 5.68. The van der Waals surface area contributed by atoms with Crippen LogP contribution >= 0.6 is 11.6 Å². The number of halogens is 5. The zero-order valence-electron chi connectivity index (χ0n) is 10.0. The maximum absolute atomic E-state index is 12.9. The maximum Gasteiger partial charge on any atom is 0.416 e. The van der Waals surface area contributed by atoms with Crippen molar-refractivity contribution < 1.29 is 17.6 Å². The summed E-state index contributed by atoms with van der Waals surface area (Å²) in [4.78, 5) is 3.80. The van der Waals surface area contributed by atoms with Crippen molar-refractivity contribution in [2.24, 2.45) is 0 Å². The second-order valence-electron chi connectivity index (χ2n) is 4.02. The first-order valence-electron chi connectivity index (χ1n) is 5.57. The third-order valence-electron chi connectivity index (χ3n) is 2.59. The van der Waals surface area contributed by atoms with Crippen molar-refractivity contribution in [3.63, 3.8) is 0 Å². The van der Waals surface area contributed by atoms with E-state index in [0.29, 0.717) is 11.8 Å². The highest BCUT2D eigenvalue weighted by Gasteiger charge is 2.33. The molecule has 106 valence electrons. The predicted octanol–water partition coefficient (Wildman–Crippen LogP) is 4.51. The van der Waals surface area contributed by atoms with Crippen LogP contribution in [0.5, 0.6) is 0 Å². The van der Waals surface area contributed by atoms with Gasteiger partial charge in [-0.25, -0.2) is 9.37 Å². The van der Waals surface area contributed by atoms with Gasteiger partial charge in [0.15, 0.2) is 0 Å². The number of anilines is 1. The zero-order valence-corrected chi connectivity index (χ0v) is 10.8. The molecule has 0 aliphatic heterocycles. The van der Waals surface area contributed by atoms with Crippen LogP contribution in [0.1, 0.15) is 11.1 Å². The summed E-state index contributed by atoms with van der Waals surface area (Å²) in [5.41, 5.74) is -0.521. The average Bonchev–Trinajstić information content (AvgIpc) is 2.38. The van der Waals surface area contributed by atoms with E-state index < -0.39 is 17.6 Å². The Morgan fingerprint density at radius 2 is 1.90 bits per heavy atom. The number of alkyl halides is 3. The number of pyridine rings is 1. The molecule has 0 bridgehead atoms. The summed E-state index contributed by atoms with van der Waals surface area (Å²) < 4.78 is 51.3. The minimum atomic E-state index is -4.60. The molecule has 1 aromatic carbocycles. The van der Waals surface area contributed by atoms with Crippen LogP contribution in [0.4, 0.5) is 23.2 Å². The van der Waals surface area contributed by atoms with Gasteiger partial charge >= 0.3 is 6.18 Å². The Bertz CT molecular complexity index is 596. The molecule has 2 rings (SSSR count). The van der Waals surface area contributed by atoms with E-state index in [1.807, 2.05) is 0 Å². The molecule has 1 N–H and O–H groups in total. The summed E-state index contributed by atoms with van der Waals surface area (Å²) in [5.74, 6) is -0.922. The number of benzene rings is 1. The Labute approximate surface area is 117 Å². The van der Waals surface area contributed by atoms with E-state index in [-0.39, 0.29) is 17.3 Å². The highest BCUT2D eigenvalue weighted by molar-refractivity contribution is 6.29. The smallest absolute Gasteiger partial charge is 0.380 e. The van der Waals surface area contributed by atoms with Crippen LogP contribution in [-0.4, -0.2) is 4.98 Å². The Balaban J connectivity index is 2.19. The second-order valence-corrected chi connectivity index (χ2v) is 4.41. The molecule has 0 spiro atoms. The van der Waals surface area contributed by atoms with E-state index in [9.17, 15) is 17.6 Å². The number of hydrogen-bond donors (Lipinski definition) is 1. The summed E-state index contributed by atoms with van der Waals surface area (Å²) in [6.45, 7) is -0.0988. The Morgan fingerprint density at radius 3 is 2.50 bits per heavy atom. The standard InChI is InChI=1S/C13H9ClF4N2/c14-12-4-3-10(7-20-12)19-6-8-1-2-9(15)5-11(8)13(16,17)18/h1-5,7,19H,6H2. The topological polar surface area (TPSA) is 24.9 Å². The van der Waals surface area contributed by atoms with Crippen molar-refractivity contribution in [1.82, 2.24) is 4.98 Å². The molecule has 0 aliphatic carbocycles. The minimum absolute atomic E-state index is 0.0474. The monoisotopic (exact) mass is 304 g/mol. The van der Waals surface area contributed by atoms with Crippen molar-refractivity contribution in [2.75, 3.05) is 5.32 Å². The van der Waals surface area contributed by atoms with Gasteiger partial charge in [0.2, 0.25) is 0 Å². The van der Waals surface area contributed by atoms with Gasteiger partial charge < -0.3 is 5.32 Å². The lowest BCUT2D eigenvalue weighted by atomic mass is 10.1. The van der Waals surface area contributed by atoms with E-state index in [1.165, 1.54) is 12.3 Å². The highest BCUT2D eigenvalue weighted by atomic mass is 35.5. The van der Waals surface area contributed by atoms with E-state index >= 15 is 0 Å². The van der Waals surface area contributed by atoms with Crippen molar-refractivity contribution in [1.29, 1.82) is 0 Å². The Morgan fingerprint density at radius 1 is 1.15 bits per heavy atom. The number of nitrogens with zero attached hydrogens (tertiary/aromatic N) is 1. The zero-order chi connectivity index (χ0) is 14.8. The summed E-state index contributed by atoms with van der Waals surface area (Å²) >= 11 is 5.60. The van der Waals surface area contributed by atoms with Gasteiger partial charge in [0.25, 0.3) is 0 Å². The molecule has 2 nitrogen and oxygen atoms in total. The van der Waals surface area contributed by atoms with E-state index in [1.54, 1.807) is 6.07 Å². The van der Waals surface area contributed by atoms with Crippen molar-refractivity contribution in [3.8, 4) is 0 Å². The molecule has 1 aromatic heterocycles. The van der Waals surface area contributed by atoms with Gasteiger partial charge in [-0.05, 0) is 29.8 Å². The minimum Gasteiger partial charge on any atom is -0.380 e. The van der Waals surface area contributed by atoms with Crippen LogP contribution in [0.2, 0.25) is 5.15 Å². The summed E-state index contributed by atoms with van der Waals surface area (Å²) in [6.07, 6.45) is -3.20. The van der Waals surface area contributed by atoms with E-state index in [0.717, 1.165) is 12.1 Å². The molecular formula is C13H9ClF4N2. The van der Waals surface area contributed by atoms with Gasteiger partial charge in [0.05, 0.1) is 17.4 Å². The largest absolute Gasteiger partial charge is 0.416 e. The molecule has 2 aromatic rings. The van der Waals surface area contributed by atoms with Crippen molar-refractivity contribution in [3.05, 3.63) is 58.6 Å². The predicted molar refractivity (Wildman–Crippen MR) is 68.0 cm³/mol. The first kappa shape index (κ1) is 14.6. The van der Waals surface area contributed by atoms with Gasteiger partial charge in [-0.3, -0.25) is 0 Å². The Hall–Kier alpha value is -1.82. The van der Waals surface area contributed by atoms with Crippen LogP contribution < -0.4 is 5.32 Å². The third kappa shape index (κ3) is 3.60. The molecule has 0 saturated heterocycles. The number of nitrogens with one attached hydrogen (secondary N) is 1. The maximum atomic E-state index is 12.9. The van der Waals surface area contributed by atoms with Gasteiger partial charge in [0, 0.05) is 6.54 Å². The Kier molecular flexibility index (Phi) is 4.13. The van der Waals surface area contributed by atoms with Crippen LogP contribution in [0, 0.1) is 5.82 Å². The van der Waals surface area contributed by atoms with Crippen molar-refractivity contribution >= 4 is 17.3 Å². The lowest BCUT2D eigenvalue weighted by molar-refractivity contribution is -0.138. The highest BCUT2D eigenvalue weighted by Crippen LogP contribution is 2.32. The van der Waals surface area contributed by atoms with Gasteiger partial charge in [-0.15, -0.1) is 0 Å². The second kappa shape index (κ2) is 5.66. The number of hydrogen-bond acceptors (Lipinski definition) is 2. The molecular weight excluding hydrogens is 296 g/mol. The van der Waals surface area contributed by atoms with E-state index in [4.69, 9.17) is 11.6 Å². The fourth-order valence-corrected chi connectivity index (χ4v) is 1.76. The van der Waals surface area contributed by atoms with Gasteiger partial charge in [-0.1, -0.05) is 17.7 Å². The van der Waals surface area contributed by atoms with Crippen molar-refractivity contribution in [2.45, 2.75) is 12.7 Å². The number of rotatable bonds is 3. The molecule has 0 unspecified atom stereocenters. The first-order chi connectivity index (χ1) is 9.36. The molecule has 0 aliphatic rings. The van der Waals surface area contributed by atoms with Crippen LogP contribution in [0.3, 0.4) is 0 Å². The first-order valence-corrected chi connectivity index (χ1v) is 5.95. The molecule has 0 fully saturated rings. The summed E-state index contributed by atoms with van der Waals surface area (Å²) in [5, 5.41) is 3.06. The summed E-state index contributed by atoms with van der Waals surface area (Å²) in [7, 11) is 0. The normalized spacial score (nSPS) is 11.4. The molecule has 0 amide bonds. The van der Waals surface area contributed by atoms with Gasteiger partial charge in [-0.2, -0.15) is 13.2 Å². The van der Waals surface area contributed by atoms with Crippen LogP contribution in [0.25, 0.3) is 0 Å². The third-order valence-corrected chi connectivity index (χ3v) is 2.81. The molecule has 0 radical (unpaired) electrons. The molecule has 20 heavy (non-hydrogen) atoms. The van der Waals surface area contributed by atoms with Gasteiger partial charge in [0.1, 0.15) is 11.0 Å². The lowest BCUT2D eigenvalue weighted by Crippen LogP contribution is -2.12. The fourth-order valence-electron chi connectivity index (χ4n) is 1.64. The lowest BCUT2D eigenvalue weighted by Gasteiger charge is -2.14. The fraction of sp³-hybridized carbons (Fsp3) is 0.154. The SMILES string of the molecule is Fc1ccc(CNc2ccc(Cl)nc2)c(C(F)(F)F)c1. The number of aromatic nitrogens is 1. The van der Waals surface area contributed by atoms with E-state index in [2.05, 4.69) is 10.3 Å². The van der Waals surface area contributed by atoms with Crippen LogP contribution in [0.15, 0.2) is 36.5 Å². The molecule has 0 atom stereocenters. The quantitative estimate of drug-likeness (QED) is 0.667.